The minimum atomic E-state index is 0.650. The molecule has 3 heteroatoms. The van der Waals surface area contributed by atoms with E-state index >= 15 is 0 Å². The molecule has 0 aromatic carbocycles. The van der Waals surface area contributed by atoms with Crippen molar-refractivity contribution in [3.05, 3.63) is 0 Å². The number of hydrogen-bond donors (Lipinski definition) is 2. The fourth-order valence-corrected chi connectivity index (χ4v) is 1.49. The van der Waals surface area contributed by atoms with E-state index in [4.69, 9.17) is 12.2 Å². The van der Waals surface area contributed by atoms with Gasteiger partial charge in [0.05, 0.1) is 0 Å². The first-order valence-corrected chi connectivity index (χ1v) is 3.81. The van der Waals surface area contributed by atoms with E-state index in [1.807, 2.05) is 0 Å². The molecule has 2 rings (SSSR count). The Balaban J connectivity index is 1.92. The zero-order chi connectivity index (χ0) is 6.27. The first kappa shape index (κ1) is 5.47. The molecule has 1 atom stereocenters. The maximum absolute atomic E-state index is 4.92. The molecule has 0 amide bonds. The van der Waals surface area contributed by atoms with Crippen LogP contribution in [0.25, 0.3) is 0 Å². The summed E-state index contributed by atoms with van der Waals surface area (Å²) in [5.41, 5.74) is 0. The Morgan fingerprint density at radius 2 is 2.22 bits per heavy atom. The molecule has 0 bridgehead atoms. The van der Waals surface area contributed by atoms with E-state index in [0.29, 0.717) is 6.04 Å². The third-order valence-corrected chi connectivity index (χ3v) is 2.25. The van der Waals surface area contributed by atoms with E-state index in [0.717, 1.165) is 17.6 Å². The Hall–Kier alpha value is -0.310. The molecule has 2 N–H and O–H groups in total. The van der Waals surface area contributed by atoms with Crippen molar-refractivity contribution in [1.29, 1.82) is 0 Å². The Kier molecular flexibility index (Phi) is 1.12. The molecule has 1 aliphatic heterocycles. The van der Waals surface area contributed by atoms with Crippen LogP contribution in [0.2, 0.25) is 0 Å². The van der Waals surface area contributed by atoms with E-state index in [2.05, 4.69) is 10.6 Å². The molecule has 0 aromatic heterocycles. The Bertz CT molecular complexity index is 142. The molecule has 0 aromatic rings. The summed E-state index contributed by atoms with van der Waals surface area (Å²) >= 11 is 4.92. The van der Waals surface area contributed by atoms with Crippen molar-refractivity contribution in [3.63, 3.8) is 0 Å². The highest BCUT2D eigenvalue weighted by Gasteiger charge is 2.34. The lowest BCUT2D eigenvalue weighted by molar-refractivity contribution is 0.582. The van der Waals surface area contributed by atoms with E-state index < -0.39 is 0 Å². The monoisotopic (exact) mass is 142 g/mol. The van der Waals surface area contributed by atoms with Crippen molar-refractivity contribution in [3.8, 4) is 0 Å². The zero-order valence-electron chi connectivity index (χ0n) is 5.18. The van der Waals surface area contributed by atoms with Gasteiger partial charge in [0, 0.05) is 12.6 Å². The van der Waals surface area contributed by atoms with Crippen molar-refractivity contribution in [2.24, 2.45) is 5.92 Å². The summed E-state index contributed by atoms with van der Waals surface area (Å²) in [6.45, 7) is 1.05. The van der Waals surface area contributed by atoms with Crippen LogP contribution in [0.15, 0.2) is 0 Å². The van der Waals surface area contributed by atoms with E-state index in [9.17, 15) is 0 Å². The average molecular weight is 142 g/mol. The molecular weight excluding hydrogens is 132 g/mol. The van der Waals surface area contributed by atoms with Crippen LogP contribution >= 0.6 is 12.2 Å². The lowest BCUT2D eigenvalue weighted by Crippen LogP contribution is -2.27. The fraction of sp³-hybridized carbons (Fsp3) is 0.833. The van der Waals surface area contributed by atoms with Gasteiger partial charge >= 0.3 is 0 Å². The molecule has 0 radical (unpaired) electrons. The fourth-order valence-electron chi connectivity index (χ4n) is 1.26. The molecule has 0 spiro atoms. The summed E-state index contributed by atoms with van der Waals surface area (Å²) in [7, 11) is 0. The minimum Gasteiger partial charge on any atom is -0.361 e. The third-order valence-electron chi connectivity index (χ3n) is 1.99. The second-order valence-corrected chi connectivity index (χ2v) is 3.21. The number of rotatable bonds is 1. The highest BCUT2D eigenvalue weighted by atomic mass is 32.1. The van der Waals surface area contributed by atoms with Gasteiger partial charge in [-0.2, -0.15) is 0 Å². The van der Waals surface area contributed by atoms with Crippen LogP contribution in [0.1, 0.15) is 12.8 Å². The predicted molar refractivity (Wildman–Crippen MR) is 40.2 cm³/mol. The lowest BCUT2D eigenvalue weighted by Gasteiger charge is -2.04. The van der Waals surface area contributed by atoms with Crippen LogP contribution in [0.4, 0.5) is 0 Å². The summed E-state index contributed by atoms with van der Waals surface area (Å²) in [5.74, 6) is 0.915. The van der Waals surface area contributed by atoms with Gasteiger partial charge in [0.15, 0.2) is 5.11 Å². The van der Waals surface area contributed by atoms with E-state index in [1.165, 1.54) is 12.8 Å². The molecule has 1 heterocycles. The van der Waals surface area contributed by atoms with Crippen LogP contribution in [-0.2, 0) is 0 Å². The first-order chi connectivity index (χ1) is 4.36. The molecule has 1 saturated heterocycles. The lowest BCUT2D eigenvalue weighted by atomic mass is 10.2. The largest absolute Gasteiger partial charge is 0.361 e. The maximum atomic E-state index is 4.92. The van der Waals surface area contributed by atoms with Crippen LogP contribution in [0, 0.1) is 5.92 Å². The summed E-state index contributed by atoms with van der Waals surface area (Å²) in [6.07, 6.45) is 2.78. The van der Waals surface area contributed by atoms with Gasteiger partial charge in [-0.15, -0.1) is 0 Å². The Morgan fingerprint density at radius 1 is 1.44 bits per heavy atom. The zero-order valence-corrected chi connectivity index (χ0v) is 6.00. The van der Waals surface area contributed by atoms with Gasteiger partial charge < -0.3 is 10.6 Å². The topological polar surface area (TPSA) is 24.1 Å². The molecule has 2 aliphatic rings. The van der Waals surface area contributed by atoms with Crippen LogP contribution in [-0.4, -0.2) is 17.7 Å². The summed E-state index contributed by atoms with van der Waals surface area (Å²) in [4.78, 5) is 0. The molecule has 2 fully saturated rings. The highest BCUT2D eigenvalue weighted by molar-refractivity contribution is 7.80. The molecule has 1 unspecified atom stereocenters. The maximum Gasteiger partial charge on any atom is 0.166 e. The first-order valence-electron chi connectivity index (χ1n) is 3.40. The van der Waals surface area contributed by atoms with Gasteiger partial charge in [-0.25, -0.2) is 0 Å². The van der Waals surface area contributed by atoms with Gasteiger partial charge in [0.25, 0.3) is 0 Å². The van der Waals surface area contributed by atoms with Gasteiger partial charge in [0.1, 0.15) is 0 Å². The van der Waals surface area contributed by atoms with Crippen LogP contribution < -0.4 is 10.6 Å². The highest BCUT2D eigenvalue weighted by Crippen LogP contribution is 2.33. The van der Waals surface area contributed by atoms with E-state index in [-0.39, 0.29) is 0 Å². The Labute approximate surface area is 60.0 Å². The van der Waals surface area contributed by atoms with Crippen molar-refractivity contribution in [2.45, 2.75) is 18.9 Å². The number of hydrogen-bond acceptors (Lipinski definition) is 1. The standard InChI is InChI=1S/C6H10N2S/c9-6-7-3-5(8-6)4-1-2-4/h4-5H,1-3H2,(H2,7,8,9). The molecule has 1 aliphatic carbocycles. The minimum absolute atomic E-state index is 0.650. The van der Waals surface area contributed by atoms with Crippen molar-refractivity contribution in [1.82, 2.24) is 10.6 Å². The van der Waals surface area contributed by atoms with Crippen LogP contribution in [0.3, 0.4) is 0 Å². The quantitative estimate of drug-likeness (QED) is 0.513. The predicted octanol–water partition coefficient (Wildman–Crippen LogP) is 0.243. The molecule has 50 valence electrons. The average Bonchev–Trinajstić information content (AvgIpc) is 2.58. The van der Waals surface area contributed by atoms with Gasteiger partial charge in [-0.1, -0.05) is 0 Å². The second kappa shape index (κ2) is 1.84. The summed E-state index contributed by atoms with van der Waals surface area (Å²) in [6, 6.07) is 0.650. The van der Waals surface area contributed by atoms with Crippen molar-refractivity contribution >= 4 is 17.3 Å². The normalized spacial score (nSPS) is 33.8. The van der Waals surface area contributed by atoms with E-state index in [1.54, 1.807) is 0 Å². The van der Waals surface area contributed by atoms with Crippen LogP contribution in [0.5, 0.6) is 0 Å². The number of nitrogens with one attached hydrogen (secondary N) is 2. The SMILES string of the molecule is S=C1NCC(C2CC2)N1. The third kappa shape index (κ3) is 1.01. The van der Waals surface area contributed by atoms with Gasteiger partial charge in [-0.05, 0) is 31.0 Å². The van der Waals surface area contributed by atoms with Crippen molar-refractivity contribution in [2.75, 3.05) is 6.54 Å². The molecule has 1 saturated carbocycles. The summed E-state index contributed by atoms with van der Waals surface area (Å²) in [5, 5.41) is 7.19. The second-order valence-electron chi connectivity index (χ2n) is 2.80. The van der Waals surface area contributed by atoms with Crippen molar-refractivity contribution < 1.29 is 0 Å². The molecular formula is C6H10N2S. The smallest absolute Gasteiger partial charge is 0.166 e. The summed E-state index contributed by atoms with van der Waals surface area (Å²) < 4.78 is 0. The Morgan fingerprint density at radius 3 is 2.67 bits per heavy atom. The van der Waals surface area contributed by atoms with Gasteiger partial charge in [-0.3, -0.25) is 0 Å². The van der Waals surface area contributed by atoms with Gasteiger partial charge in [0.2, 0.25) is 0 Å². The molecule has 2 nitrogen and oxygen atoms in total. The molecule has 9 heavy (non-hydrogen) atoms. The number of thiocarbonyl (C=S) groups is 1.